The highest BCUT2D eigenvalue weighted by molar-refractivity contribution is 5.56. The predicted molar refractivity (Wildman–Crippen MR) is 101 cm³/mol. The summed E-state index contributed by atoms with van der Waals surface area (Å²) in [6, 6.07) is 5.36. The third kappa shape index (κ3) is 4.46. The van der Waals surface area contributed by atoms with Gasteiger partial charge in [0.1, 0.15) is 0 Å². The van der Waals surface area contributed by atoms with Gasteiger partial charge in [0.15, 0.2) is 0 Å². The number of pyridine rings is 1. The molecule has 0 unspecified atom stereocenters. The summed E-state index contributed by atoms with van der Waals surface area (Å²) in [5, 5.41) is 7.83. The highest BCUT2D eigenvalue weighted by Gasteiger charge is 2.20. The molecular formula is C19H23N7O. The molecule has 27 heavy (non-hydrogen) atoms. The lowest BCUT2D eigenvalue weighted by Gasteiger charge is -2.32. The Balaban J connectivity index is 1.30. The van der Waals surface area contributed by atoms with Crippen LogP contribution in [0.5, 0.6) is 0 Å². The largest absolute Gasteiger partial charge is 0.301 e. The topological polar surface area (TPSA) is 81.7 Å². The van der Waals surface area contributed by atoms with Crippen molar-refractivity contribution >= 4 is 0 Å². The van der Waals surface area contributed by atoms with Crippen LogP contribution < -0.4 is 5.56 Å². The highest BCUT2D eigenvalue weighted by atomic mass is 16.1. The van der Waals surface area contributed by atoms with Crippen molar-refractivity contribution in [3.63, 3.8) is 0 Å². The van der Waals surface area contributed by atoms with Gasteiger partial charge in [0.05, 0.1) is 24.8 Å². The van der Waals surface area contributed by atoms with Crippen LogP contribution in [0, 0.1) is 5.92 Å². The van der Waals surface area contributed by atoms with Crippen LogP contribution in [0.2, 0.25) is 0 Å². The summed E-state index contributed by atoms with van der Waals surface area (Å²) in [4.78, 5) is 23.4. The molecule has 1 aliphatic rings. The number of hydrogen-bond acceptors (Lipinski definition) is 6. The second-order valence-corrected chi connectivity index (χ2v) is 6.96. The van der Waals surface area contributed by atoms with Crippen molar-refractivity contribution in [3.8, 4) is 11.3 Å². The zero-order chi connectivity index (χ0) is 18.5. The van der Waals surface area contributed by atoms with Gasteiger partial charge >= 0.3 is 0 Å². The molecule has 0 aromatic carbocycles. The van der Waals surface area contributed by atoms with E-state index in [0.29, 0.717) is 11.6 Å². The van der Waals surface area contributed by atoms with E-state index in [0.717, 1.165) is 51.1 Å². The molecule has 3 aromatic heterocycles. The van der Waals surface area contributed by atoms with Gasteiger partial charge in [0.25, 0.3) is 5.56 Å². The molecule has 0 radical (unpaired) electrons. The predicted octanol–water partition coefficient (Wildman–Crippen LogP) is 1.31. The second kappa shape index (κ2) is 8.22. The van der Waals surface area contributed by atoms with Gasteiger partial charge < -0.3 is 4.90 Å². The van der Waals surface area contributed by atoms with Crippen molar-refractivity contribution in [2.24, 2.45) is 5.92 Å². The van der Waals surface area contributed by atoms with E-state index in [1.54, 1.807) is 35.6 Å². The molecule has 1 aliphatic heterocycles. The Kier molecular flexibility index (Phi) is 5.34. The minimum atomic E-state index is -0.00235. The number of aromatic nitrogens is 6. The molecule has 0 aliphatic carbocycles. The van der Waals surface area contributed by atoms with Gasteiger partial charge in [-0.25, -0.2) is 4.98 Å². The van der Waals surface area contributed by atoms with Crippen molar-refractivity contribution in [3.05, 3.63) is 59.7 Å². The molecule has 4 rings (SSSR count). The summed E-state index contributed by atoms with van der Waals surface area (Å²) in [6.45, 7) is 4.68. The van der Waals surface area contributed by atoms with E-state index < -0.39 is 0 Å². The van der Waals surface area contributed by atoms with Gasteiger partial charge in [-0.2, -0.15) is 0 Å². The maximum Gasteiger partial charge on any atom is 0.253 e. The zero-order valence-electron chi connectivity index (χ0n) is 15.2. The quantitative estimate of drug-likeness (QED) is 0.655. The van der Waals surface area contributed by atoms with Crippen LogP contribution in [-0.2, 0) is 13.1 Å². The van der Waals surface area contributed by atoms with Crippen molar-refractivity contribution in [2.75, 3.05) is 19.6 Å². The standard InChI is InChI=1S/C19H23N7O/c27-19-12-18(17-2-1-5-20-13-17)21-15-25(19)14-16-3-7-24(8-4-16)10-11-26-9-6-22-23-26/h1-2,5-6,9,12-13,15-16H,3-4,7-8,10-11,14H2. The summed E-state index contributed by atoms with van der Waals surface area (Å²) in [7, 11) is 0. The molecule has 0 amide bonds. The fourth-order valence-corrected chi connectivity index (χ4v) is 3.50. The van der Waals surface area contributed by atoms with Gasteiger partial charge in [-0.15, -0.1) is 5.10 Å². The van der Waals surface area contributed by atoms with Gasteiger partial charge in [0, 0.05) is 43.3 Å². The third-order valence-corrected chi connectivity index (χ3v) is 5.12. The van der Waals surface area contributed by atoms with Gasteiger partial charge in [-0.05, 0) is 44.0 Å². The second-order valence-electron chi connectivity index (χ2n) is 6.96. The van der Waals surface area contributed by atoms with Crippen LogP contribution in [0.4, 0.5) is 0 Å². The van der Waals surface area contributed by atoms with Gasteiger partial charge in [-0.3, -0.25) is 19.0 Å². The molecular weight excluding hydrogens is 342 g/mol. The fourth-order valence-electron chi connectivity index (χ4n) is 3.50. The zero-order valence-corrected chi connectivity index (χ0v) is 15.2. The Labute approximate surface area is 157 Å². The average Bonchev–Trinajstić information content (AvgIpc) is 3.23. The summed E-state index contributed by atoms with van der Waals surface area (Å²) in [6.07, 6.45) is 10.9. The van der Waals surface area contributed by atoms with E-state index in [2.05, 4.69) is 25.2 Å². The summed E-state index contributed by atoms with van der Waals surface area (Å²) >= 11 is 0. The first-order valence-electron chi connectivity index (χ1n) is 9.31. The molecule has 8 heteroatoms. The number of piperidine rings is 1. The molecule has 0 atom stereocenters. The lowest BCUT2D eigenvalue weighted by atomic mass is 9.96. The smallest absolute Gasteiger partial charge is 0.253 e. The SMILES string of the molecule is O=c1cc(-c2cccnc2)ncn1CC1CCN(CCn2ccnn2)CC1. The van der Waals surface area contributed by atoms with Crippen LogP contribution in [0.25, 0.3) is 11.3 Å². The van der Waals surface area contributed by atoms with E-state index in [9.17, 15) is 4.79 Å². The summed E-state index contributed by atoms with van der Waals surface area (Å²) in [5.41, 5.74) is 1.53. The Bertz CT molecular complexity index is 899. The van der Waals surface area contributed by atoms with Gasteiger partial charge in [0.2, 0.25) is 0 Å². The van der Waals surface area contributed by atoms with Crippen LogP contribution in [0.1, 0.15) is 12.8 Å². The molecule has 8 nitrogen and oxygen atoms in total. The first kappa shape index (κ1) is 17.5. The molecule has 0 N–H and O–H groups in total. The van der Waals surface area contributed by atoms with E-state index in [-0.39, 0.29) is 5.56 Å². The third-order valence-electron chi connectivity index (χ3n) is 5.12. The van der Waals surface area contributed by atoms with Crippen LogP contribution in [0.15, 0.2) is 54.1 Å². The number of hydrogen-bond donors (Lipinski definition) is 0. The highest BCUT2D eigenvalue weighted by Crippen LogP contribution is 2.19. The van der Waals surface area contributed by atoms with E-state index in [1.165, 1.54) is 0 Å². The van der Waals surface area contributed by atoms with Crippen LogP contribution >= 0.6 is 0 Å². The van der Waals surface area contributed by atoms with Crippen molar-refractivity contribution < 1.29 is 0 Å². The normalized spacial score (nSPS) is 15.9. The first-order valence-corrected chi connectivity index (χ1v) is 9.31. The molecule has 1 saturated heterocycles. The lowest BCUT2D eigenvalue weighted by molar-refractivity contribution is 0.166. The Hall–Kier alpha value is -2.87. The molecule has 0 spiro atoms. The van der Waals surface area contributed by atoms with E-state index >= 15 is 0 Å². The van der Waals surface area contributed by atoms with E-state index in [4.69, 9.17) is 0 Å². The van der Waals surface area contributed by atoms with Crippen LogP contribution in [-0.4, -0.2) is 54.1 Å². The molecule has 0 saturated carbocycles. The number of rotatable bonds is 6. The number of nitrogens with zero attached hydrogens (tertiary/aromatic N) is 7. The molecule has 0 bridgehead atoms. The summed E-state index contributed by atoms with van der Waals surface area (Å²) in [5.74, 6) is 0.511. The van der Waals surface area contributed by atoms with Gasteiger partial charge in [-0.1, -0.05) is 5.21 Å². The van der Waals surface area contributed by atoms with Crippen molar-refractivity contribution in [2.45, 2.75) is 25.9 Å². The van der Waals surface area contributed by atoms with Crippen molar-refractivity contribution in [1.82, 2.24) is 34.4 Å². The Morgan fingerprint density at radius 3 is 2.74 bits per heavy atom. The Morgan fingerprint density at radius 2 is 2.04 bits per heavy atom. The monoisotopic (exact) mass is 365 g/mol. The van der Waals surface area contributed by atoms with E-state index in [1.807, 2.05) is 23.0 Å². The van der Waals surface area contributed by atoms with Crippen molar-refractivity contribution in [1.29, 1.82) is 0 Å². The van der Waals surface area contributed by atoms with Crippen LogP contribution in [0.3, 0.4) is 0 Å². The number of likely N-dealkylation sites (tertiary alicyclic amines) is 1. The fraction of sp³-hybridized carbons (Fsp3) is 0.421. The summed E-state index contributed by atoms with van der Waals surface area (Å²) < 4.78 is 3.59. The lowest BCUT2D eigenvalue weighted by Crippen LogP contribution is -2.38. The molecule has 4 heterocycles. The molecule has 3 aromatic rings. The minimum Gasteiger partial charge on any atom is -0.301 e. The first-order chi connectivity index (χ1) is 13.3. The maximum atomic E-state index is 12.5. The maximum absolute atomic E-state index is 12.5. The molecule has 140 valence electrons. The Morgan fingerprint density at radius 1 is 1.15 bits per heavy atom. The minimum absolute atomic E-state index is 0.00235. The average molecular weight is 365 g/mol. The molecule has 1 fully saturated rings.